The summed E-state index contributed by atoms with van der Waals surface area (Å²) in [6.07, 6.45) is 9.98. The highest BCUT2D eigenvalue weighted by Crippen LogP contribution is 2.37. The average molecular weight is 341 g/mol. The monoisotopic (exact) mass is 341 g/mol. The first-order valence-corrected chi connectivity index (χ1v) is 9.64. The molecule has 4 rings (SSSR count). The topological polar surface area (TPSA) is 62.5 Å². The third-order valence-corrected chi connectivity index (χ3v) is 5.78. The minimum Gasteiger partial charge on any atom is -0.328 e. The van der Waals surface area contributed by atoms with Crippen molar-refractivity contribution in [1.82, 2.24) is 24.8 Å². The Hall–Kier alpha value is -2.11. The number of likely N-dealkylation sites (tertiary alicyclic amines) is 1. The smallest absolute Gasteiger partial charge is 0.318 e. The Morgan fingerprint density at radius 1 is 1.28 bits per heavy atom. The molecule has 1 aliphatic carbocycles. The molecule has 0 aromatic carbocycles. The fraction of sp³-hybridized carbons (Fsp3) is 0.632. The number of urea groups is 1. The van der Waals surface area contributed by atoms with E-state index in [4.69, 9.17) is 0 Å². The SMILES string of the molecule is CCC[C@H](NC(=O)N1CCC[C@@H]1C1CCC1)c1nnc2ccccn12. The van der Waals surface area contributed by atoms with E-state index in [9.17, 15) is 4.79 Å². The number of pyridine rings is 1. The molecule has 0 unspecified atom stereocenters. The minimum absolute atomic E-state index is 0.0699. The molecule has 2 atom stereocenters. The molecular formula is C19H27N5O. The van der Waals surface area contributed by atoms with Crippen LogP contribution in [-0.2, 0) is 0 Å². The lowest BCUT2D eigenvalue weighted by atomic mass is 9.79. The molecule has 2 amide bonds. The number of nitrogens with zero attached hydrogens (tertiary/aromatic N) is 4. The molecule has 2 aromatic heterocycles. The summed E-state index contributed by atoms with van der Waals surface area (Å²) >= 11 is 0. The second-order valence-corrected chi connectivity index (χ2v) is 7.37. The maximum absolute atomic E-state index is 13.0. The molecule has 0 radical (unpaired) electrons. The number of rotatable bonds is 5. The highest BCUT2D eigenvalue weighted by Gasteiger charge is 2.38. The van der Waals surface area contributed by atoms with Gasteiger partial charge in [0.2, 0.25) is 0 Å². The average Bonchev–Trinajstić information content (AvgIpc) is 3.20. The molecule has 6 heteroatoms. The Morgan fingerprint density at radius 2 is 2.16 bits per heavy atom. The van der Waals surface area contributed by atoms with Gasteiger partial charge in [0.1, 0.15) is 0 Å². The van der Waals surface area contributed by atoms with Crippen LogP contribution in [0.25, 0.3) is 5.65 Å². The Balaban J connectivity index is 1.52. The Labute approximate surface area is 148 Å². The van der Waals surface area contributed by atoms with Gasteiger partial charge in [-0.15, -0.1) is 10.2 Å². The Bertz CT molecular complexity index is 738. The van der Waals surface area contributed by atoms with Crippen molar-refractivity contribution in [2.45, 2.75) is 64.0 Å². The maximum Gasteiger partial charge on any atom is 0.318 e. The van der Waals surface area contributed by atoms with Gasteiger partial charge >= 0.3 is 6.03 Å². The first-order valence-electron chi connectivity index (χ1n) is 9.64. The van der Waals surface area contributed by atoms with Gasteiger partial charge in [0.25, 0.3) is 0 Å². The van der Waals surface area contributed by atoms with Crippen molar-refractivity contribution in [3.63, 3.8) is 0 Å². The standard InChI is InChI=1S/C19H27N5O/c1-2-7-15(18-22-21-17-11-3-4-12-24(17)18)20-19(25)23-13-6-10-16(23)14-8-5-9-14/h3-4,11-12,14-16H,2,5-10,13H2,1H3,(H,20,25)/t15-,16+/m0/s1. The summed E-state index contributed by atoms with van der Waals surface area (Å²) in [6.45, 7) is 3.02. The van der Waals surface area contributed by atoms with Crippen molar-refractivity contribution in [1.29, 1.82) is 0 Å². The summed E-state index contributed by atoms with van der Waals surface area (Å²) in [6, 6.07) is 6.27. The van der Waals surface area contributed by atoms with Gasteiger partial charge in [0.05, 0.1) is 6.04 Å². The molecule has 134 valence electrons. The van der Waals surface area contributed by atoms with E-state index >= 15 is 0 Å². The number of hydrogen-bond donors (Lipinski definition) is 1. The molecule has 2 aromatic rings. The third-order valence-electron chi connectivity index (χ3n) is 5.78. The van der Waals surface area contributed by atoms with Crippen molar-refractivity contribution in [2.75, 3.05) is 6.54 Å². The molecule has 1 aliphatic heterocycles. The summed E-state index contributed by atoms with van der Waals surface area (Å²) in [5.41, 5.74) is 0.821. The highest BCUT2D eigenvalue weighted by molar-refractivity contribution is 5.75. The highest BCUT2D eigenvalue weighted by atomic mass is 16.2. The van der Waals surface area contributed by atoms with E-state index in [0.717, 1.165) is 43.7 Å². The van der Waals surface area contributed by atoms with Crippen LogP contribution in [0.2, 0.25) is 0 Å². The fourth-order valence-corrected chi connectivity index (χ4v) is 4.24. The molecule has 2 fully saturated rings. The molecule has 0 spiro atoms. The molecule has 3 heterocycles. The zero-order valence-electron chi connectivity index (χ0n) is 14.9. The van der Waals surface area contributed by atoms with Gasteiger partial charge in [-0.2, -0.15) is 0 Å². The van der Waals surface area contributed by atoms with Gasteiger partial charge in [-0.25, -0.2) is 4.79 Å². The molecule has 1 saturated heterocycles. The van der Waals surface area contributed by atoms with E-state index in [1.54, 1.807) is 0 Å². The summed E-state index contributed by atoms with van der Waals surface area (Å²) < 4.78 is 1.98. The molecule has 1 N–H and O–H groups in total. The first-order chi connectivity index (χ1) is 12.3. The van der Waals surface area contributed by atoms with E-state index in [1.807, 2.05) is 28.8 Å². The second-order valence-electron chi connectivity index (χ2n) is 7.37. The normalized spacial score (nSPS) is 22.1. The lowest BCUT2D eigenvalue weighted by molar-refractivity contribution is 0.136. The molecule has 6 nitrogen and oxygen atoms in total. The van der Waals surface area contributed by atoms with Crippen LogP contribution in [0, 0.1) is 5.92 Å². The van der Waals surface area contributed by atoms with E-state index in [-0.39, 0.29) is 12.1 Å². The predicted molar refractivity (Wildman–Crippen MR) is 96.2 cm³/mol. The van der Waals surface area contributed by atoms with Crippen LogP contribution < -0.4 is 5.32 Å². The molecule has 1 saturated carbocycles. The van der Waals surface area contributed by atoms with Crippen LogP contribution in [0.3, 0.4) is 0 Å². The largest absolute Gasteiger partial charge is 0.328 e. The number of nitrogens with one attached hydrogen (secondary N) is 1. The summed E-state index contributed by atoms with van der Waals surface area (Å²) in [5, 5.41) is 11.8. The van der Waals surface area contributed by atoms with Crippen LogP contribution in [0.1, 0.15) is 63.7 Å². The minimum atomic E-state index is -0.0995. The molecule has 2 aliphatic rings. The Morgan fingerprint density at radius 3 is 2.92 bits per heavy atom. The zero-order valence-corrected chi connectivity index (χ0v) is 14.9. The van der Waals surface area contributed by atoms with Crippen LogP contribution in [0.4, 0.5) is 4.79 Å². The van der Waals surface area contributed by atoms with Crippen molar-refractivity contribution >= 4 is 11.7 Å². The van der Waals surface area contributed by atoms with E-state index in [2.05, 4.69) is 27.3 Å². The van der Waals surface area contributed by atoms with Crippen LogP contribution in [0.15, 0.2) is 24.4 Å². The van der Waals surface area contributed by atoms with Crippen molar-refractivity contribution in [2.24, 2.45) is 5.92 Å². The van der Waals surface area contributed by atoms with Crippen molar-refractivity contribution in [3.05, 3.63) is 30.2 Å². The summed E-state index contributed by atoms with van der Waals surface area (Å²) in [5.74, 6) is 1.54. The number of carbonyl (C=O) groups excluding carboxylic acids is 1. The van der Waals surface area contributed by atoms with Crippen molar-refractivity contribution in [3.8, 4) is 0 Å². The fourth-order valence-electron chi connectivity index (χ4n) is 4.24. The van der Waals surface area contributed by atoms with E-state index < -0.39 is 0 Å². The predicted octanol–water partition coefficient (Wildman–Crippen LogP) is 3.54. The first kappa shape index (κ1) is 16.4. The van der Waals surface area contributed by atoms with E-state index in [1.165, 1.54) is 19.3 Å². The second kappa shape index (κ2) is 7.02. The number of amides is 2. The lowest BCUT2D eigenvalue weighted by Crippen LogP contribution is -2.48. The van der Waals surface area contributed by atoms with Gasteiger partial charge in [0, 0.05) is 18.8 Å². The lowest BCUT2D eigenvalue weighted by Gasteiger charge is -2.37. The van der Waals surface area contributed by atoms with Crippen LogP contribution in [-0.4, -0.2) is 38.1 Å². The van der Waals surface area contributed by atoms with Crippen LogP contribution in [0.5, 0.6) is 0 Å². The molecule has 25 heavy (non-hydrogen) atoms. The number of fused-ring (bicyclic) bond motifs is 1. The zero-order chi connectivity index (χ0) is 17.2. The number of aromatic nitrogens is 3. The van der Waals surface area contributed by atoms with Gasteiger partial charge in [-0.3, -0.25) is 4.40 Å². The van der Waals surface area contributed by atoms with Gasteiger partial charge in [-0.05, 0) is 50.2 Å². The molecule has 0 bridgehead atoms. The quantitative estimate of drug-likeness (QED) is 0.905. The molecular weight excluding hydrogens is 314 g/mol. The number of carbonyl (C=O) groups is 1. The van der Waals surface area contributed by atoms with E-state index in [0.29, 0.717) is 12.0 Å². The maximum atomic E-state index is 13.0. The van der Waals surface area contributed by atoms with Crippen LogP contribution >= 0.6 is 0 Å². The number of hydrogen-bond acceptors (Lipinski definition) is 3. The van der Waals surface area contributed by atoms with Crippen molar-refractivity contribution < 1.29 is 4.79 Å². The third kappa shape index (κ3) is 3.10. The van der Waals surface area contributed by atoms with Gasteiger partial charge in [0.15, 0.2) is 11.5 Å². The summed E-state index contributed by atoms with van der Waals surface area (Å²) in [7, 11) is 0. The van der Waals surface area contributed by atoms with Gasteiger partial charge in [-0.1, -0.05) is 25.8 Å². The van der Waals surface area contributed by atoms with Gasteiger partial charge < -0.3 is 10.2 Å². The summed E-state index contributed by atoms with van der Waals surface area (Å²) in [4.78, 5) is 15.1. The Kier molecular flexibility index (Phi) is 4.59.